The molecule has 0 aliphatic carbocycles. The number of anilines is 3. The molecule has 1 amide bonds. The number of ether oxygens (including phenoxy) is 1. The molecule has 0 radical (unpaired) electrons. The van der Waals surface area contributed by atoms with Gasteiger partial charge in [0.15, 0.2) is 0 Å². The van der Waals surface area contributed by atoms with Crippen molar-refractivity contribution in [2.24, 2.45) is 0 Å². The molecule has 0 spiro atoms. The van der Waals surface area contributed by atoms with Gasteiger partial charge in [-0.15, -0.1) is 0 Å². The molecular weight excluding hydrogens is 332 g/mol. The van der Waals surface area contributed by atoms with Gasteiger partial charge in [0.2, 0.25) is 11.7 Å². The number of hydrogen-bond acceptors (Lipinski definition) is 6. The van der Waals surface area contributed by atoms with Crippen LogP contribution in [0.15, 0.2) is 18.3 Å². The first kappa shape index (κ1) is 18.7. The van der Waals surface area contributed by atoms with Crippen LogP contribution in [-0.2, 0) is 22.1 Å². The SMILES string of the molecule is COCc1cnc(NC(C)=O)cc1Nc1cc(C)nc(C(C)(F)F)n1. The lowest BCUT2D eigenvalue weighted by atomic mass is 10.2. The van der Waals surface area contributed by atoms with Gasteiger partial charge in [0, 0.05) is 50.5 Å². The molecule has 0 aliphatic heterocycles. The van der Waals surface area contributed by atoms with Gasteiger partial charge in [-0.3, -0.25) is 4.79 Å². The van der Waals surface area contributed by atoms with E-state index in [9.17, 15) is 13.6 Å². The Bertz CT molecular complexity index is 778. The van der Waals surface area contributed by atoms with E-state index in [2.05, 4.69) is 25.6 Å². The lowest BCUT2D eigenvalue weighted by molar-refractivity contribution is -0.114. The van der Waals surface area contributed by atoms with Crippen molar-refractivity contribution >= 4 is 23.2 Å². The normalized spacial score (nSPS) is 11.3. The summed E-state index contributed by atoms with van der Waals surface area (Å²) < 4.78 is 32.2. The first-order chi connectivity index (χ1) is 11.7. The molecule has 0 saturated carbocycles. The number of hydrogen-bond donors (Lipinski definition) is 2. The van der Waals surface area contributed by atoms with E-state index in [0.29, 0.717) is 22.8 Å². The zero-order chi connectivity index (χ0) is 18.6. The molecule has 0 aromatic carbocycles. The number of nitrogens with one attached hydrogen (secondary N) is 2. The van der Waals surface area contributed by atoms with Crippen molar-refractivity contribution in [1.82, 2.24) is 15.0 Å². The van der Waals surface area contributed by atoms with Crippen molar-refractivity contribution in [2.45, 2.75) is 33.3 Å². The summed E-state index contributed by atoms with van der Waals surface area (Å²) in [6, 6.07) is 3.13. The standard InChI is InChI=1S/C16H19F2N5O2/c1-9-5-14(23-15(20-9)16(3,17)18)22-12-6-13(21-10(2)24)19-7-11(12)8-25-4/h5-7H,8H2,1-4H3,(H2,19,20,21,22,23,24). The number of pyridine rings is 1. The van der Waals surface area contributed by atoms with Crippen molar-refractivity contribution < 1.29 is 18.3 Å². The molecule has 2 heterocycles. The number of amides is 1. The van der Waals surface area contributed by atoms with Crippen LogP contribution in [0.1, 0.15) is 30.9 Å². The molecule has 134 valence electrons. The molecule has 9 heteroatoms. The van der Waals surface area contributed by atoms with E-state index in [0.717, 1.165) is 6.92 Å². The van der Waals surface area contributed by atoms with Crippen molar-refractivity contribution in [3.05, 3.63) is 35.4 Å². The second-order valence-corrected chi connectivity index (χ2v) is 5.57. The quantitative estimate of drug-likeness (QED) is 0.831. The number of alkyl halides is 2. The highest BCUT2D eigenvalue weighted by Crippen LogP contribution is 2.27. The van der Waals surface area contributed by atoms with Crippen molar-refractivity contribution in [1.29, 1.82) is 0 Å². The zero-order valence-electron chi connectivity index (χ0n) is 14.4. The molecule has 7 nitrogen and oxygen atoms in total. The summed E-state index contributed by atoms with van der Waals surface area (Å²) in [6.45, 7) is 3.95. The Kier molecular flexibility index (Phi) is 5.58. The Balaban J connectivity index is 2.40. The molecule has 0 atom stereocenters. The number of rotatable bonds is 6. The highest BCUT2D eigenvalue weighted by Gasteiger charge is 2.29. The van der Waals surface area contributed by atoms with E-state index in [1.54, 1.807) is 19.1 Å². The molecular formula is C16H19F2N5O2. The van der Waals surface area contributed by atoms with Crippen LogP contribution in [0.3, 0.4) is 0 Å². The van der Waals surface area contributed by atoms with Gasteiger partial charge in [-0.25, -0.2) is 15.0 Å². The molecule has 2 aromatic heterocycles. The Morgan fingerprint density at radius 2 is 2.00 bits per heavy atom. The molecule has 0 aliphatic rings. The highest BCUT2D eigenvalue weighted by molar-refractivity contribution is 5.88. The van der Waals surface area contributed by atoms with Gasteiger partial charge in [-0.2, -0.15) is 8.78 Å². The van der Waals surface area contributed by atoms with Crippen molar-refractivity contribution in [2.75, 3.05) is 17.7 Å². The summed E-state index contributed by atoms with van der Waals surface area (Å²) in [5, 5.41) is 5.53. The van der Waals surface area contributed by atoms with Crippen LogP contribution in [0.5, 0.6) is 0 Å². The number of carbonyl (C=O) groups excluding carboxylic acids is 1. The van der Waals surface area contributed by atoms with Crippen LogP contribution >= 0.6 is 0 Å². The van der Waals surface area contributed by atoms with E-state index >= 15 is 0 Å². The second kappa shape index (κ2) is 7.47. The minimum absolute atomic E-state index is 0.210. The third-order valence-corrected chi connectivity index (χ3v) is 3.10. The van der Waals surface area contributed by atoms with E-state index in [1.165, 1.54) is 20.2 Å². The number of aryl methyl sites for hydroxylation is 1. The average molecular weight is 351 g/mol. The summed E-state index contributed by atoms with van der Waals surface area (Å²) in [5.74, 6) is -3.47. The number of methoxy groups -OCH3 is 1. The van der Waals surface area contributed by atoms with Crippen LogP contribution in [0.4, 0.5) is 26.1 Å². The van der Waals surface area contributed by atoms with E-state index in [1.807, 2.05) is 0 Å². The lowest BCUT2D eigenvalue weighted by Gasteiger charge is -2.15. The fraction of sp³-hybridized carbons (Fsp3) is 0.375. The Labute approximate surface area is 143 Å². The third-order valence-electron chi connectivity index (χ3n) is 3.10. The summed E-state index contributed by atoms with van der Waals surface area (Å²) >= 11 is 0. The maximum absolute atomic E-state index is 13.5. The van der Waals surface area contributed by atoms with Gasteiger partial charge in [0.25, 0.3) is 0 Å². The predicted molar refractivity (Wildman–Crippen MR) is 88.9 cm³/mol. The van der Waals surface area contributed by atoms with Gasteiger partial charge in [-0.1, -0.05) is 0 Å². The Morgan fingerprint density at radius 3 is 2.60 bits per heavy atom. The lowest BCUT2D eigenvalue weighted by Crippen LogP contribution is -2.15. The fourth-order valence-electron chi connectivity index (χ4n) is 2.09. The van der Waals surface area contributed by atoms with Gasteiger partial charge in [0.05, 0.1) is 12.3 Å². The summed E-state index contributed by atoms with van der Waals surface area (Å²) in [4.78, 5) is 22.9. The van der Waals surface area contributed by atoms with Crippen LogP contribution in [-0.4, -0.2) is 28.0 Å². The van der Waals surface area contributed by atoms with Crippen molar-refractivity contribution in [3.8, 4) is 0 Å². The fourth-order valence-corrected chi connectivity index (χ4v) is 2.09. The summed E-state index contributed by atoms with van der Waals surface area (Å²) in [6.07, 6.45) is 1.53. The number of carbonyl (C=O) groups is 1. The predicted octanol–water partition coefficient (Wildman–Crippen LogP) is 3.14. The van der Waals surface area contributed by atoms with Crippen LogP contribution in [0.25, 0.3) is 0 Å². The largest absolute Gasteiger partial charge is 0.380 e. The van der Waals surface area contributed by atoms with Crippen molar-refractivity contribution in [3.63, 3.8) is 0 Å². The molecule has 0 bridgehead atoms. The summed E-state index contributed by atoms with van der Waals surface area (Å²) in [7, 11) is 1.52. The maximum Gasteiger partial charge on any atom is 0.303 e. The van der Waals surface area contributed by atoms with Gasteiger partial charge in [-0.05, 0) is 6.92 Å². The molecule has 2 aromatic rings. The van der Waals surface area contributed by atoms with Gasteiger partial charge in [0.1, 0.15) is 11.6 Å². The zero-order valence-corrected chi connectivity index (χ0v) is 14.4. The molecule has 0 saturated heterocycles. The minimum Gasteiger partial charge on any atom is -0.380 e. The van der Waals surface area contributed by atoms with Gasteiger partial charge < -0.3 is 15.4 Å². The van der Waals surface area contributed by atoms with Crippen LogP contribution < -0.4 is 10.6 Å². The Hall–Kier alpha value is -2.68. The first-order valence-electron chi connectivity index (χ1n) is 7.45. The first-order valence-corrected chi connectivity index (χ1v) is 7.45. The second-order valence-electron chi connectivity index (χ2n) is 5.57. The molecule has 2 N–H and O–H groups in total. The smallest absolute Gasteiger partial charge is 0.303 e. The maximum atomic E-state index is 13.5. The number of aromatic nitrogens is 3. The number of halogens is 2. The summed E-state index contributed by atoms with van der Waals surface area (Å²) in [5.41, 5.74) is 1.61. The van der Waals surface area contributed by atoms with Gasteiger partial charge >= 0.3 is 5.92 Å². The Morgan fingerprint density at radius 1 is 1.28 bits per heavy atom. The minimum atomic E-state index is -3.16. The molecule has 25 heavy (non-hydrogen) atoms. The van der Waals surface area contributed by atoms with E-state index < -0.39 is 11.7 Å². The third kappa shape index (κ3) is 5.15. The monoisotopic (exact) mass is 351 g/mol. The molecule has 2 rings (SSSR count). The highest BCUT2D eigenvalue weighted by atomic mass is 19.3. The number of nitrogens with zero attached hydrogens (tertiary/aromatic N) is 3. The topological polar surface area (TPSA) is 89.0 Å². The van der Waals surface area contributed by atoms with Crippen LogP contribution in [0.2, 0.25) is 0 Å². The van der Waals surface area contributed by atoms with E-state index in [4.69, 9.17) is 4.74 Å². The van der Waals surface area contributed by atoms with Crippen LogP contribution in [0, 0.1) is 6.92 Å². The molecule has 0 fully saturated rings. The van der Waals surface area contributed by atoms with E-state index in [-0.39, 0.29) is 18.3 Å². The molecule has 0 unspecified atom stereocenters. The average Bonchev–Trinajstić information content (AvgIpc) is 2.48.